The molecule has 9 heteroatoms. The monoisotopic (exact) mass is 552 g/mol. The molecule has 208 valence electrons. The van der Waals surface area contributed by atoms with Crippen molar-refractivity contribution in [3.8, 4) is 16.9 Å². The van der Waals surface area contributed by atoms with E-state index in [0.717, 1.165) is 22.3 Å². The van der Waals surface area contributed by atoms with E-state index in [1.165, 1.54) is 4.31 Å². The molecule has 3 aromatic carbocycles. The van der Waals surface area contributed by atoms with Crippen LogP contribution in [0.1, 0.15) is 35.3 Å². The maximum atomic E-state index is 13.8. The molecule has 2 N–H and O–H groups in total. The summed E-state index contributed by atoms with van der Waals surface area (Å²) in [5.74, 6) is -0.852. The van der Waals surface area contributed by atoms with Gasteiger partial charge in [-0.1, -0.05) is 49.4 Å². The molecular weight excluding hydrogens is 516 g/mol. The van der Waals surface area contributed by atoms with Gasteiger partial charge in [0.15, 0.2) is 0 Å². The van der Waals surface area contributed by atoms with Gasteiger partial charge in [-0.05, 0) is 67.4 Å². The average Bonchev–Trinajstić information content (AvgIpc) is 2.90. The number of carboxylic acids is 1. The summed E-state index contributed by atoms with van der Waals surface area (Å²) in [5, 5.41) is 19.1. The highest BCUT2D eigenvalue weighted by Gasteiger charge is 2.38. The van der Waals surface area contributed by atoms with E-state index in [4.69, 9.17) is 9.84 Å². The Hall–Kier alpha value is -3.24. The van der Waals surface area contributed by atoms with Crippen LogP contribution in [-0.2, 0) is 16.6 Å². The molecule has 3 aromatic rings. The number of sulfonamides is 1. The molecule has 39 heavy (non-hydrogen) atoms. The molecule has 0 amide bonds. The number of nitrogens with zero attached hydrogens (tertiary/aromatic N) is 2. The molecule has 0 fully saturated rings. The Kier molecular flexibility index (Phi) is 8.76. The molecule has 1 heterocycles. The second-order valence-corrected chi connectivity index (χ2v) is 12.3. The summed E-state index contributed by atoms with van der Waals surface area (Å²) >= 11 is 0. The van der Waals surface area contributed by atoms with Gasteiger partial charge in [0.1, 0.15) is 16.7 Å². The highest BCUT2D eigenvalue weighted by molar-refractivity contribution is 7.89. The number of fused-ring (bicyclic) bond motifs is 1. The number of aryl methyl sites for hydroxylation is 1. The van der Waals surface area contributed by atoms with E-state index in [1.54, 1.807) is 49.4 Å². The fraction of sp³-hybridized carbons (Fsp3) is 0.367. The largest absolute Gasteiger partial charge is 0.487 e. The fourth-order valence-electron chi connectivity index (χ4n) is 4.94. The van der Waals surface area contributed by atoms with Crippen molar-refractivity contribution in [3.63, 3.8) is 0 Å². The van der Waals surface area contributed by atoms with Crippen molar-refractivity contribution in [2.75, 3.05) is 26.7 Å². The summed E-state index contributed by atoms with van der Waals surface area (Å²) < 4.78 is 35.4. The zero-order valence-electron chi connectivity index (χ0n) is 22.7. The zero-order valence-corrected chi connectivity index (χ0v) is 23.6. The Morgan fingerprint density at radius 1 is 1.13 bits per heavy atom. The second-order valence-electron chi connectivity index (χ2n) is 10.4. The molecule has 0 saturated heterocycles. The van der Waals surface area contributed by atoms with Crippen molar-refractivity contribution < 1.29 is 28.2 Å². The van der Waals surface area contributed by atoms with Gasteiger partial charge in [-0.3, -0.25) is 4.90 Å². The van der Waals surface area contributed by atoms with Crippen LogP contribution in [0.15, 0.2) is 71.6 Å². The van der Waals surface area contributed by atoms with Gasteiger partial charge in [0, 0.05) is 31.6 Å². The van der Waals surface area contributed by atoms with E-state index in [9.17, 15) is 18.3 Å². The third-order valence-electron chi connectivity index (χ3n) is 7.27. The van der Waals surface area contributed by atoms with Crippen LogP contribution in [0.5, 0.6) is 5.75 Å². The molecule has 0 bridgehead atoms. The van der Waals surface area contributed by atoms with Crippen LogP contribution in [0.2, 0.25) is 0 Å². The summed E-state index contributed by atoms with van der Waals surface area (Å²) in [6.45, 7) is 6.67. The predicted molar refractivity (Wildman–Crippen MR) is 150 cm³/mol. The lowest BCUT2D eigenvalue weighted by atomic mass is 10.00. The van der Waals surface area contributed by atoms with Gasteiger partial charge in [-0.2, -0.15) is 4.31 Å². The molecule has 4 rings (SSSR count). The van der Waals surface area contributed by atoms with Gasteiger partial charge in [-0.15, -0.1) is 0 Å². The minimum absolute atomic E-state index is 0.0870. The summed E-state index contributed by atoms with van der Waals surface area (Å²) in [5.41, 5.74) is 4.12. The van der Waals surface area contributed by atoms with Crippen molar-refractivity contribution in [2.45, 2.75) is 44.4 Å². The lowest BCUT2D eigenvalue weighted by molar-refractivity contribution is 0.0697. The van der Waals surface area contributed by atoms with E-state index >= 15 is 0 Å². The molecule has 0 spiro atoms. The van der Waals surface area contributed by atoms with Gasteiger partial charge >= 0.3 is 5.97 Å². The van der Waals surface area contributed by atoms with E-state index in [0.29, 0.717) is 18.8 Å². The topological polar surface area (TPSA) is 107 Å². The number of hydrogen-bond donors (Lipinski definition) is 2. The number of aliphatic hydroxyl groups excluding tert-OH is 1. The van der Waals surface area contributed by atoms with Crippen molar-refractivity contribution in [2.24, 2.45) is 5.92 Å². The number of aliphatic hydroxyl groups is 1. The minimum atomic E-state index is -3.92. The van der Waals surface area contributed by atoms with Crippen LogP contribution >= 0.6 is 0 Å². The molecule has 0 aromatic heterocycles. The molecule has 0 aliphatic carbocycles. The number of aromatic carboxylic acids is 1. The van der Waals surface area contributed by atoms with Crippen LogP contribution in [-0.4, -0.2) is 72.7 Å². The SMILES string of the molecule is Cc1ccccc1-c1ccc2c(c1)O[C@@H](CN(C)Cc1ccc(C(=O)O)cc1)[C@@H](C)CN([C@H](C)CO)S2(=O)=O. The van der Waals surface area contributed by atoms with Gasteiger partial charge in [0.25, 0.3) is 0 Å². The number of carboxylic acid groups (broad SMARTS) is 1. The van der Waals surface area contributed by atoms with Crippen LogP contribution < -0.4 is 4.74 Å². The Bertz CT molecular complexity index is 1420. The highest BCUT2D eigenvalue weighted by Crippen LogP contribution is 2.37. The first kappa shape index (κ1) is 28.8. The molecule has 0 unspecified atom stereocenters. The first-order valence-corrected chi connectivity index (χ1v) is 14.5. The van der Waals surface area contributed by atoms with Gasteiger partial charge < -0.3 is 14.9 Å². The number of benzene rings is 3. The van der Waals surface area contributed by atoms with Gasteiger partial charge in [0.05, 0.1) is 12.2 Å². The fourth-order valence-corrected chi connectivity index (χ4v) is 6.77. The lowest BCUT2D eigenvalue weighted by Crippen LogP contribution is -2.49. The van der Waals surface area contributed by atoms with Crippen LogP contribution in [0, 0.1) is 12.8 Å². The van der Waals surface area contributed by atoms with E-state index in [2.05, 4.69) is 4.90 Å². The van der Waals surface area contributed by atoms with Crippen LogP contribution in [0.25, 0.3) is 11.1 Å². The third kappa shape index (κ3) is 6.33. The molecule has 1 aliphatic heterocycles. The van der Waals surface area contributed by atoms with E-state index < -0.39 is 22.0 Å². The predicted octanol–water partition coefficient (Wildman–Crippen LogP) is 4.26. The summed E-state index contributed by atoms with van der Waals surface area (Å²) in [6, 6.07) is 19.3. The Morgan fingerprint density at radius 2 is 1.82 bits per heavy atom. The van der Waals surface area contributed by atoms with Crippen LogP contribution in [0.4, 0.5) is 0 Å². The average molecular weight is 553 g/mol. The number of likely N-dealkylation sites (N-methyl/N-ethyl adjacent to an activating group) is 1. The lowest BCUT2D eigenvalue weighted by Gasteiger charge is -2.37. The standard InChI is InChI=1S/C30H36N2O6S/c1-20-7-5-6-8-26(20)25-13-14-29-27(15-25)38-28(21(2)16-32(22(3)19-33)39(29,36)37)18-31(4)17-23-9-11-24(12-10-23)30(34)35/h5-15,21-22,28,33H,16-19H2,1-4H3,(H,34,35)/t21-,22+,28-/m0/s1. The Balaban J connectivity index is 1.69. The van der Waals surface area contributed by atoms with Crippen LogP contribution in [0.3, 0.4) is 0 Å². The molecule has 3 atom stereocenters. The minimum Gasteiger partial charge on any atom is -0.487 e. The summed E-state index contributed by atoms with van der Waals surface area (Å²) in [7, 11) is -1.97. The summed E-state index contributed by atoms with van der Waals surface area (Å²) in [4.78, 5) is 13.3. The maximum absolute atomic E-state index is 13.8. The van der Waals surface area contributed by atoms with Crippen molar-refractivity contribution in [1.29, 1.82) is 0 Å². The maximum Gasteiger partial charge on any atom is 0.335 e. The number of hydrogen-bond acceptors (Lipinski definition) is 6. The van der Waals surface area contributed by atoms with E-state index in [1.807, 2.05) is 45.2 Å². The van der Waals surface area contributed by atoms with Crippen molar-refractivity contribution >= 4 is 16.0 Å². The highest BCUT2D eigenvalue weighted by atomic mass is 32.2. The van der Waals surface area contributed by atoms with Crippen molar-refractivity contribution in [1.82, 2.24) is 9.21 Å². The van der Waals surface area contributed by atoms with Gasteiger partial charge in [0.2, 0.25) is 10.0 Å². The zero-order chi connectivity index (χ0) is 28.3. The first-order chi connectivity index (χ1) is 18.5. The first-order valence-electron chi connectivity index (χ1n) is 13.0. The third-order valence-corrected chi connectivity index (χ3v) is 9.29. The molecule has 1 aliphatic rings. The second kappa shape index (κ2) is 11.9. The Labute approximate surface area is 230 Å². The normalized spacial score (nSPS) is 19.9. The number of ether oxygens (including phenoxy) is 1. The number of carbonyl (C=O) groups is 1. The number of rotatable bonds is 8. The molecular formula is C30H36N2O6S. The summed E-state index contributed by atoms with van der Waals surface area (Å²) in [6.07, 6.45) is -0.344. The van der Waals surface area contributed by atoms with Crippen molar-refractivity contribution in [3.05, 3.63) is 83.4 Å². The van der Waals surface area contributed by atoms with Gasteiger partial charge in [-0.25, -0.2) is 13.2 Å². The smallest absolute Gasteiger partial charge is 0.335 e. The quantitative estimate of drug-likeness (QED) is 0.430. The van der Waals surface area contributed by atoms with E-state index in [-0.39, 0.29) is 35.6 Å². The molecule has 0 saturated carbocycles. The Morgan fingerprint density at radius 3 is 2.46 bits per heavy atom. The molecule has 0 radical (unpaired) electrons. The molecule has 8 nitrogen and oxygen atoms in total.